The van der Waals surface area contributed by atoms with E-state index in [0.29, 0.717) is 19.6 Å². The molecule has 1 rings (SSSR count). The lowest BCUT2D eigenvalue weighted by Crippen LogP contribution is -2.25. The molecule has 0 aliphatic carbocycles. The van der Waals surface area contributed by atoms with Gasteiger partial charge in [0, 0.05) is 6.54 Å². The van der Waals surface area contributed by atoms with Crippen molar-refractivity contribution in [2.45, 2.75) is 19.4 Å². The molecule has 2 N–H and O–H groups in total. The Hall–Kier alpha value is -1.06. The Morgan fingerprint density at radius 1 is 1.47 bits per heavy atom. The third-order valence-electron chi connectivity index (χ3n) is 2.12. The molecular weight excluding hydrogens is 190 g/mol. The second-order valence-corrected chi connectivity index (χ2v) is 3.50. The fourth-order valence-corrected chi connectivity index (χ4v) is 1.51. The molecule has 1 aromatic rings. The van der Waals surface area contributed by atoms with Gasteiger partial charge in [-0.1, -0.05) is 12.1 Å². The summed E-state index contributed by atoms with van der Waals surface area (Å²) in [5.41, 5.74) is 1.10. The Balaban J connectivity index is 2.56. The standard InChI is InChI=1S/C12H19NO2/c1-3-15-12-6-4-5-10(8-12)7-11(14)9-13-2/h4-6,8,11,13-14H,3,7,9H2,1-2H3. The monoisotopic (exact) mass is 209 g/mol. The van der Waals surface area contributed by atoms with Crippen LogP contribution in [-0.4, -0.2) is 31.4 Å². The Bertz CT molecular complexity index is 289. The summed E-state index contributed by atoms with van der Waals surface area (Å²) < 4.78 is 5.39. The highest BCUT2D eigenvalue weighted by Gasteiger charge is 2.04. The highest BCUT2D eigenvalue weighted by molar-refractivity contribution is 5.28. The van der Waals surface area contributed by atoms with E-state index in [2.05, 4.69) is 5.32 Å². The van der Waals surface area contributed by atoms with Gasteiger partial charge in [0.25, 0.3) is 0 Å². The number of nitrogens with one attached hydrogen (secondary N) is 1. The van der Waals surface area contributed by atoms with Gasteiger partial charge < -0.3 is 15.2 Å². The van der Waals surface area contributed by atoms with E-state index in [1.807, 2.05) is 38.2 Å². The van der Waals surface area contributed by atoms with Gasteiger partial charge in [0.15, 0.2) is 0 Å². The number of ether oxygens (including phenoxy) is 1. The van der Waals surface area contributed by atoms with E-state index in [0.717, 1.165) is 11.3 Å². The third-order valence-corrected chi connectivity index (χ3v) is 2.12. The Morgan fingerprint density at radius 3 is 2.93 bits per heavy atom. The number of rotatable bonds is 6. The first-order valence-corrected chi connectivity index (χ1v) is 5.30. The largest absolute Gasteiger partial charge is 0.494 e. The predicted octanol–water partition coefficient (Wildman–Crippen LogP) is 1.21. The molecule has 0 spiro atoms. The van der Waals surface area contributed by atoms with Gasteiger partial charge in [-0.2, -0.15) is 0 Å². The van der Waals surface area contributed by atoms with E-state index >= 15 is 0 Å². The normalized spacial score (nSPS) is 12.5. The number of benzene rings is 1. The number of aliphatic hydroxyl groups is 1. The summed E-state index contributed by atoms with van der Waals surface area (Å²) in [5, 5.41) is 12.6. The van der Waals surface area contributed by atoms with E-state index < -0.39 is 0 Å². The third kappa shape index (κ3) is 4.32. The molecule has 0 saturated heterocycles. The van der Waals surface area contributed by atoms with E-state index in [9.17, 15) is 5.11 Å². The number of hydrogen-bond acceptors (Lipinski definition) is 3. The lowest BCUT2D eigenvalue weighted by atomic mass is 10.1. The maximum Gasteiger partial charge on any atom is 0.119 e. The predicted molar refractivity (Wildman–Crippen MR) is 61.2 cm³/mol. The molecule has 1 aromatic carbocycles. The van der Waals surface area contributed by atoms with Crippen molar-refractivity contribution in [1.29, 1.82) is 0 Å². The minimum absolute atomic E-state index is 0.341. The van der Waals surface area contributed by atoms with Crippen molar-refractivity contribution in [1.82, 2.24) is 5.32 Å². The van der Waals surface area contributed by atoms with E-state index in [4.69, 9.17) is 4.74 Å². The summed E-state index contributed by atoms with van der Waals surface area (Å²) in [4.78, 5) is 0. The molecule has 0 fully saturated rings. The van der Waals surface area contributed by atoms with Crippen LogP contribution in [0.3, 0.4) is 0 Å². The van der Waals surface area contributed by atoms with Gasteiger partial charge in [-0.25, -0.2) is 0 Å². The first kappa shape index (κ1) is 12.0. The van der Waals surface area contributed by atoms with Crippen LogP contribution in [0.4, 0.5) is 0 Å². The van der Waals surface area contributed by atoms with Gasteiger partial charge in [-0.05, 0) is 38.1 Å². The fraction of sp³-hybridized carbons (Fsp3) is 0.500. The maximum absolute atomic E-state index is 9.62. The molecule has 3 nitrogen and oxygen atoms in total. The van der Waals surface area contributed by atoms with Crippen LogP contribution in [-0.2, 0) is 6.42 Å². The first-order valence-electron chi connectivity index (χ1n) is 5.30. The fourth-order valence-electron chi connectivity index (χ4n) is 1.51. The summed E-state index contributed by atoms with van der Waals surface area (Å²) in [6.45, 7) is 3.24. The maximum atomic E-state index is 9.62. The molecule has 1 atom stereocenters. The van der Waals surface area contributed by atoms with Crippen molar-refractivity contribution in [2.24, 2.45) is 0 Å². The zero-order valence-corrected chi connectivity index (χ0v) is 9.36. The summed E-state index contributed by atoms with van der Waals surface area (Å²) in [6.07, 6.45) is 0.314. The van der Waals surface area contributed by atoms with Crippen molar-refractivity contribution < 1.29 is 9.84 Å². The van der Waals surface area contributed by atoms with Crippen molar-refractivity contribution in [3.8, 4) is 5.75 Å². The van der Waals surface area contributed by atoms with Crippen LogP contribution in [0.2, 0.25) is 0 Å². The molecule has 0 radical (unpaired) electrons. The lowest BCUT2D eigenvalue weighted by Gasteiger charge is -2.11. The molecule has 0 aliphatic heterocycles. The minimum Gasteiger partial charge on any atom is -0.494 e. The van der Waals surface area contributed by atoms with E-state index in [-0.39, 0.29) is 6.10 Å². The second-order valence-electron chi connectivity index (χ2n) is 3.50. The number of hydrogen-bond donors (Lipinski definition) is 2. The molecular formula is C12H19NO2. The van der Waals surface area contributed by atoms with Crippen LogP contribution in [0, 0.1) is 0 Å². The van der Waals surface area contributed by atoms with Crippen molar-refractivity contribution in [2.75, 3.05) is 20.2 Å². The minimum atomic E-state index is -0.341. The zero-order chi connectivity index (χ0) is 11.1. The molecule has 15 heavy (non-hydrogen) atoms. The summed E-state index contributed by atoms with van der Waals surface area (Å²) >= 11 is 0. The van der Waals surface area contributed by atoms with Gasteiger partial charge in [-0.3, -0.25) is 0 Å². The molecule has 0 saturated carbocycles. The van der Waals surface area contributed by atoms with Gasteiger partial charge >= 0.3 is 0 Å². The summed E-state index contributed by atoms with van der Waals surface area (Å²) in [5.74, 6) is 0.867. The topological polar surface area (TPSA) is 41.5 Å². The number of likely N-dealkylation sites (N-methyl/N-ethyl adjacent to an activating group) is 1. The molecule has 0 aliphatic rings. The lowest BCUT2D eigenvalue weighted by molar-refractivity contribution is 0.174. The molecule has 0 aromatic heterocycles. The first-order chi connectivity index (χ1) is 7.26. The zero-order valence-electron chi connectivity index (χ0n) is 9.36. The van der Waals surface area contributed by atoms with Crippen LogP contribution in [0.5, 0.6) is 5.75 Å². The molecule has 0 bridgehead atoms. The van der Waals surface area contributed by atoms with Gasteiger partial charge in [0.1, 0.15) is 5.75 Å². The highest BCUT2D eigenvalue weighted by atomic mass is 16.5. The highest BCUT2D eigenvalue weighted by Crippen LogP contribution is 2.14. The summed E-state index contributed by atoms with van der Waals surface area (Å²) in [6, 6.07) is 7.85. The SMILES string of the molecule is CCOc1cccc(CC(O)CNC)c1. The Morgan fingerprint density at radius 2 is 2.27 bits per heavy atom. The van der Waals surface area contributed by atoms with Crippen LogP contribution in [0.1, 0.15) is 12.5 Å². The molecule has 84 valence electrons. The van der Waals surface area contributed by atoms with E-state index in [1.54, 1.807) is 0 Å². The smallest absolute Gasteiger partial charge is 0.119 e. The molecule has 0 amide bonds. The van der Waals surface area contributed by atoms with Crippen molar-refractivity contribution in [3.63, 3.8) is 0 Å². The van der Waals surface area contributed by atoms with Crippen molar-refractivity contribution in [3.05, 3.63) is 29.8 Å². The van der Waals surface area contributed by atoms with Crippen LogP contribution in [0.25, 0.3) is 0 Å². The Labute approximate surface area is 91.1 Å². The van der Waals surface area contributed by atoms with Gasteiger partial charge in [-0.15, -0.1) is 0 Å². The van der Waals surface area contributed by atoms with Crippen LogP contribution in [0.15, 0.2) is 24.3 Å². The average Bonchev–Trinajstić information content (AvgIpc) is 2.19. The Kier molecular flexibility index (Phi) is 5.15. The van der Waals surface area contributed by atoms with E-state index in [1.165, 1.54) is 0 Å². The second kappa shape index (κ2) is 6.43. The quantitative estimate of drug-likeness (QED) is 0.740. The summed E-state index contributed by atoms with van der Waals surface area (Å²) in [7, 11) is 1.83. The molecule has 1 unspecified atom stereocenters. The number of aliphatic hydroxyl groups excluding tert-OH is 1. The van der Waals surface area contributed by atoms with Crippen molar-refractivity contribution >= 4 is 0 Å². The van der Waals surface area contributed by atoms with Crippen LogP contribution >= 0.6 is 0 Å². The average molecular weight is 209 g/mol. The van der Waals surface area contributed by atoms with Gasteiger partial charge in [0.05, 0.1) is 12.7 Å². The molecule has 3 heteroatoms. The molecule has 0 heterocycles. The van der Waals surface area contributed by atoms with Gasteiger partial charge in [0.2, 0.25) is 0 Å². The van der Waals surface area contributed by atoms with Crippen LogP contribution < -0.4 is 10.1 Å².